The number of rotatable bonds is 9. The summed E-state index contributed by atoms with van der Waals surface area (Å²) in [7, 11) is 0. The van der Waals surface area contributed by atoms with Crippen LogP contribution in [0, 0.1) is 0 Å². The van der Waals surface area contributed by atoms with Crippen molar-refractivity contribution in [2.24, 2.45) is 0 Å². The fraction of sp³-hybridized carbons (Fsp3) is 0.0333. The zero-order valence-electron chi connectivity index (χ0n) is 34.7. The lowest BCUT2D eigenvalue weighted by Crippen LogP contribution is -1.99. The average Bonchev–Trinajstić information content (AvgIpc) is 3.85. The van der Waals surface area contributed by atoms with Crippen LogP contribution in [0.25, 0.3) is 88.1 Å². The molecule has 2 heteroatoms. The summed E-state index contributed by atoms with van der Waals surface area (Å²) >= 11 is 0. The summed E-state index contributed by atoms with van der Waals surface area (Å²) in [5.74, 6) is 0. The summed E-state index contributed by atoms with van der Waals surface area (Å²) in [6.45, 7) is 6.82. The van der Waals surface area contributed by atoms with Crippen LogP contribution < -0.4 is 0 Å². The number of fused-ring (bicyclic) bond motifs is 7. The van der Waals surface area contributed by atoms with E-state index in [4.69, 9.17) is 0 Å². The zero-order valence-corrected chi connectivity index (χ0v) is 34.7. The minimum atomic E-state index is 0.714. The highest BCUT2D eigenvalue weighted by molar-refractivity contribution is 6.16. The Balaban J connectivity index is 1.08. The van der Waals surface area contributed by atoms with E-state index in [9.17, 15) is 0 Å². The van der Waals surface area contributed by atoms with Crippen LogP contribution in [0.4, 0.5) is 0 Å². The summed E-state index contributed by atoms with van der Waals surface area (Å²) < 4.78 is 4.80. The van der Waals surface area contributed by atoms with E-state index in [-0.39, 0.29) is 0 Å². The van der Waals surface area contributed by atoms with Crippen LogP contribution in [-0.2, 0) is 0 Å². The summed E-state index contributed by atoms with van der Waals surface area (Å²) in [5.41, 5.74) is 16.4. The number of aromatic nitrogens is 2. The maximum Gasteiger partial charge on any atom is 0.0547 e. The second-order valence-electron chi connectivity index (χ2n) is 16.2. The molecule has 0 aliphatic heterocycles. The molecule has 0 spiro atoms. The first kappa shape index (κ1) is 37.1. The third-order valence-electron chi connectivity index (χ3n) is 12.6. The summed E-state index contributed by atoms with van der Waals surface area (Å²) in [6.07, 6.45) is 3.09. The first-order chi connectivity index (χ1) is 30.6. The molecule has 0 bridgehead atoms. The molecule has 0 aliphatic carbocycles. The Morgan fingerprint density at radius 2 is 0.839 bits per heavy atom. The van der Waals surface area contributed by atoms with Gasteiger partial charge in [-0.25, -0.2) is 0 Å². The summed E-state index contributed by atoms with van der Waals surface area (Å²) in [4.78, 5) is 0. The molecule has 2 aromatic heterocycles. The van der Waals surface area contributed by atoms with Gasteiger partial charge in [0.15, 0.2) is 0 Å². The normalized spacial score (nSPS) is 12.4. The highest BCUT2D eigenvalue weighted by Gasteiger charge is 2.19. The van der Waals surface area contributed by atoms with E-state index in [1.165, 1.54) is 82.2 Å². The number of nitrogens with zero attached hydrogens (tertiary/aromatic N) is 2. The average molecular weight is 793 g/mol. The Hall–Kier alpha value is -7.94. The molecule has 2 nitrogen and oxygen atoms in total. The molecule has 2 heterocycles. The smallest absolute Gasteiger partial charge is 0.0547 e. The topological polar surface area (TPSA) is 9.86 Å². The van der Waals surface area contributed by atoms with Crippen molar-refractivity contribution in [1.29, 1.82) is 0 Å². The first-order valence-electron chi connectivity index (χ1n) is 21.4. The number of hydrogen-bond acceptors (Lipinski definition) is 0. The predicted octanol–water partition coefficient (Wildman–Crippen LogP) is 16.2. The largest absolute Gasteiger partial charge is 0.309 e. The molecule has 0 fully saturated rings. The highest BCUT2D eigenvalue weighted by atomic mass is 15.0. The summed E-state index contributed by atoms with van der Waals surface area (Å²) in [6, 6.07) is 79.2. The van der Waals surface area contributed by atoms with Crippen LogP contribution in [0.3, 0.4) is 0 Å². The van der Waals surface area contributed by atoms with Gasteiger partial charge < -0.3 is 9.13 Å². The molecule has 0 radical (unpaired) electrons. The molecule has 9 aromatic carbocycles. The number of hydrogen-bond donors (Lipinski definition) is 0. The van der Waals surface area contributed by atoms with Crippen LogP contribution in [-0.4, -0.2) is 9.13 Å². The van der Waals surface area contributed by atoms with E-state index >= 15 is 0 Å². The van der Waals surface area contributed by atoms with Crippen molar-refractivity contribution in [3.05, 3.63) is 253 Å². The van der Waals surface area contributed by atoms with Gasteiger partial charge in [-0.3, -0.25) is 0 Å². The molecule has 62 heavy (non-hydrogen) atoms. The minimum Gasteiger partial charge on any atom is -0.309 e. The van der Waals surface area contributed by atoms with Gasteiger partial charge in [-0.15, -0.1) is 0 Å². The Morgan fingerprint density at radius 1 is 0.403 bits per heavy atom. The Morgan fingerprint density at radius 3 is 1.40 bits per heavy atom. The molecule has 294 valence electrons. The van der Waals surface area contributed by atoms with Gasteiger partial charge in [0.25, 0.3) is 0 Å². The van der Waals surface area contributed by atoms with Gasteiger partial charge in [-0.2, -0.15) is 0 Å². The molecule has 11 rings (SSSR count). The highest BCUT2D eigenvalue weighted by Crippen LogP contribution is 2.41. The molecular weight excluding hydrogens is 749 g/mol. The molecule has 0 N–H and O–H groups in total. The molecule has 11 aromatic rings. The van der Waals surface area contributed by atoms with Crippen LogP contribution in [0.1, 0.15) is 35.6 Å². The zero-order chi connectivity index (χ0) is 41.6. The third kappa shape index (κ3) is 6.45. The van der Waals surface area contributed by atoms with E-state index in [2.05, 4.69) is 247 Å². The maximum atomic E-state index is 4.54. The predicted molar refractivity (Wildman–Crippen MR) is 266 cm³/mol. The second kappa shape index (κ2) is 15.6. The van der Waals surface area contributed by atoms with E-state index in [1.807, 2.05) is 0 Å². The lowest BCUT2D eigenvalue weighted by Gasteiger charge is -2.20. The standard InChI is InChI=1S/C60H44N2/c1-41(43-17-5-3-6-18-43)29-38-51(45-19-7-4-8-20-45)60(46-32-36-49(37-33-46)61-56-26-14-11-23-52(56)53-24-12-15-27-57(53)61)42(2)44-30-34-50(35-31-44)62-58-28-16-13-25-54(58)55-39-47-21-9-10-22-48(47)40-59(55)62/h3-28,30-40H,1,29H2,2H3/b51-38-,60-42+. The fourth-order valence-electron chi connectivity index (χ4n) is 9.49. The molecule has 0 unspecified atom stereocenters. The monoisotopic (exact) mass is 792 g/mol. The number of benzene rings is 9. The van der Waals surface area contributed by atoms with Crippen molar-refractivity contribution >= 4 is 76.7 Å². The maximum absolute atomic E-state index is 4.54. The van der Waals surface area contributed by atoms with Crippen molar-refractivity contribution in [2.75, 3.05) is 0 Å². The van der Waals surface area contributed by atoms with Crippen molar-refractivity contribution in [3.63, 3.8) is 0 Å². The van der Waals surface area contributed by atoms with Crippen LogP contribution in [0.15, 0.2) is 231 Å². The van der Waals surface area contributed by atoms with Crippen LogP contribution in [0.2, 0.25) is 0 Å². The van der Waals surface area contributed by atoms with Gasteiger partial charge in [-0.1, -0.05) is 176 Å². The molecule has 0 atom stereocenters. The Kier molecular flexibility index (Phi) is 9.32. The number of para-hydroxylation sites is 3. The summed E-state index contributed by atoms with van der Waals surface area (Å²) in [5, 5.41) is 7.53. The van der Waals surface area contributed by atoms with E-state index in [0.29, 0.717) is 6.42 Å². The lowest BCUT2D eigenvalue weighted by atomic mass is 9.85. The molecule has 0 saturated carbocycles. The van der Waals surface area contributed by atoms with Gasteiger partial charge in [0.05, 0.1) is 22.1 Å². The molecular formula is C60H44N2. The van der Waals surface area contributed by atoms with E-state index in [1.54, 1.807) is 0 Å². The van der Waals surface area contributed by atoms with Crippen LogP contribution in [0.5, 0.6) is 0 Å². The van der Waals surface area contributed by atoms with Gasteiger partial charge in [-0.05, 0) is 123 Å². The quantitative estimate of drug-likeness (QED) is 0.102. The minimum absolute atomic E-state index is 0.714. The Labute approximate surface area is 362 Å². The van der Waals surface area contributed by atoms with Crippen LogP contribution >= 0.6 is 0 Å². The van der Waals surface area contributed by atoms with Gasteiger partial charge in [0.2, 0.25) is 0 Å². The first-order valence-corrected chi connectivity index (χ1v) is 21.4. The van der Waals surface area contributed by atoms with Gasteiger partial charge in [0.1, 0.15) is 0 Å². The van der Waals surface area contributed by atoms with Gasteiger partial charge in [0, 0.05) is 32.9 Å². The molecule has 0 amide bonds. The lowest BCUT2D eigenvalue weighted by molar-refractivity contribution is 1.18. The number of allylic oxidation sites excluding steroid dienone is 5. The molecule has 0 saturated heterocycles. The van der Waals surface area contributed by atoms with Crippen molar-refractivity contribution in [1.82, 2.24) is 9.13 Å². The van der Waals surface area contributed by atoms with Crippen molar-refractivity contribution < 1.29 is 0 Å². The third-order valence-corrected chi connectivity index (χ3v) is 12.6. The fourth-order valence-corrected chi connectivity index (χ4v) is 9.49. The van der Waals surface area contributed by atoms with Gasteiger partial charge >= 0.3 is 0 Å². The molecule has 0 aliphatic rings. The van der Waals surface area contributed by atoms with E-state index in [0.717, 1.165) is 28.1 Å². The van der Waals surface area contributed by atoms with Crippen molar-refractivity contribution in [3.8, 4) is 11.4 Å². The Bertz CT molecular complexity index is 3470. The van der Waals surface area contributed by atoms with E-state index < -0.39 is 0 Å². The van der Waals surface area contributed by atoms with Crippen molar-refractivity contribution in [2.45, 2.75) is 13.3 Å². The second-order valence-corrected chi connectivity index (χ2v) is 16.2. The SMILES string of the molecule is C=C(C/C=C(\C(=C(/C)c1ccc(-n2c3ccccc3c3cc4ccccc4cc32)cc1)c1ccc(-n2c3ccccc3c3ccccc32)cc1)c1ccccc1)c1ccccc1.